The van der Waals surface area contributed by atoms with Crippen LogP contribution in [0.2, 0.25) is 5.02 Å². The second kappa shape index (κ2) is 4.06. The number of halogens is 3. The van der Waals surface area contributed by atoms with Gasteiger partial charge >= 0.3 is 0 Å². The van der Waals surface area contributed by atoms with E-state index in [0.717, 1.165) is 12.1 Å². The Labute approximate surface area is 92.7 Å². The molecule has 1 aromatic rings. The van der Waals surface area contributed by atoms with Gasteiger partial charge in [0, 0.05) is 0 Å². The molecule has 1 nitrogen and oxygen atoms in total. The van der Waals surface area contributed by atoms with Crippen LogP contribution in [0.1, 0.15) is 32.4 Å². The lowest BCUT2D eigenvalue weighted by Crippen LogP contribution is -2.20. The van der Waals surface area contributed by atoms with Crippen molar-refractivity contribution in [2.75, 3.05) is 0 Å². The summed E-state index contributed by atoms with van der Waals surface area (Å²) in [6.07, 6.45) is -1.23. The van der Waals surface area contributed by atoms with E-state index in [1.54, 1.807) is 20.8 Å². The van der Waals surface area contributed by atoms with Crippen molar-refractivity contribution in [3.05, 3.63) is 34.4 Å². The fourth-order valence-corrected chi connectivity index (χ4v) is 1.39. The van der Waals surface area contributed by atoms with Crippen LogP contribution in [0.15, 0.2) is 12.1 Å². The predicted molar refractivity (Wildman–Crippen MR) is 55.8 cm³/mol. The minimum Gasteiger partial charge on any atom is -0.388 e. The molecule has 0 saturated carbocycles. The van der Waals surface area contributed by atoms with Crippen LogP contribution in [0, 0.1) is 17.0 Å². The van der Waals surface area contributed by atoms with Gasteiger partial charge in [0.2, 0.25) is 0 Å². The first-order chi connectivity index (χ1) is 6.75. The molecule has 0 fully saturated rings. The van der Waals surface area contributed by atoms with Crippen LogP contribution >= 0.6 is 11.6 Å². The van der Waals surface area contributed by atoms with Crippen LogP contribution in [0.25, 0.3) is 0 Å². The zero-order valence-corrected chi connectivity index (χ0v) is 9.57. The summed E-state index contributed by atoms with van der Waals surface area (Å²) in [7, 11) is 0. The highest BCUT2D eigenvalue weighted by atomic mass is 35.5. The molecular weight excluding hydrogens is 222 g/mol. The lowest BCUT2D eigenvalue weighted by atomic mass is 9.84. The van der Waals surface area contributed by atoms with Gasteiger partial charge in [-0.25, -0.2) is 8.78 Å². The van der Waals surface area contributed by atoms with Gasteiger partial charge in [0.25, 0.3) is 0 Å². The van der Waals surface area contributed by atoms with E-state index in [2.05, 4.69) is 0 Å². The van der Waals surface area contributed by atoms with Gasteiger partial charge < -0.3 is 5.11 Å². The molecule has 0 saturated heterocycles. The summed E-state index contributed by atoms with van der Waals surface area (Å²) in [5.41, 5.74) is -1.01. The Morgan fingerprint density at radius 3 is 2.27 bits per heavy atom. The maximum absolute atomic E-state index is 13.5. The lowest BCUT2D eigenvalue weighted by Gasteiger charge is -2.26. The van der Waals surface area contributed by atoms with Gasteiger partial charge in [-0.05, 0) is 17.5 Å². The molecule has 1 N–H and O–H groups in total. The Morgan fingerprint density at radius 2 is 1.80 bits per heavy atom. The van der Waals surface area contributed by atoms with Crippen molar-refractivity contribution >= 4 is 11.6 Å². The molecule has 0 aliphatic rings. The van der Waals surface area contributed by atoms with Gasteiger partial charge in [-0.15, -0.1) is 0 Å². The summed E-state index contributed by atoms with van der Waals surface area (Å²) in [6.45, 7) is 5.08. The SMILES string of the molecule is CC(C)(C)C(O)c1c(F)ccc(Cl)c1F. The van der Waals surface area contributed by atoms with Crippen molar-refractivity contribution in [2.24, 2.45) is 5.41 Å². The van der Waals surface area contributed by atoms with Crippen molar-refractivity contribution < 1.29 is 13.9 Å². The molecular formula is C11H13ClF2O. The molecule has 0 amide bonds. The molecule has 0 aromatic heterocycles. The quantitative estimate of drug-likeness (QED) is 0.735. The number of rotatable bonds is 1. The van der Waals surface area contributed by atoms with Crippen LogP contribution in [0.5, 0.6) is 0 Å². The highest BCUT2D eigenvalue weighted by Crippen LogP contribution is 2.36. The molecule has 1 rings (SSSR count). The van der Waals surface area contributed by atoms with Gasteiger partial charge in [0.15, 0.2) is 5.82 Å². The summed E-state index contributed by atoms with van der Waals surface area (Å²) in [6, 6.07) is 2.18. The Balaban J connectivity index is 3.31. The van der Waals surface area contributed by atoms with Gasteiger partial charge in [-0.1, -0.05) is 32.4 Å². The largest absolute Gasteiger partial charge is 0.388 e. The van der Waals surface area contributed by atoms with Crippen LogP contribution < -0.4 is 0 Å². The van der Waals surface area contributed by atoms with E-state index in [1.165, 1.54) is 0 Å². The fourth-order valence-electron chi connectivity index (χ4n) is 1.23. The molecule has 0 spiro atoms. The van der Waals surface area contributed by atoms with E-state index < -0.39 is 23.2 Å². The number of aliphatic hydroxyl groups is 1. The lowest BCUT2D eigenvalue weighted by molar-refractivity contribution is 0.0561. The van der Waals surface area contributed by atoms with Crippen molar-refractivity contribution in [1.82, 2.24) is 0 Å². The van der Waals surface area contributed by atoms with Crippen LogP contribution in [-0.4, -0.2) is 5.11 Å². The second-order valence-electron chi connectivity index (χ2n) is 4.53. The van der Waals surface area contributed by atoms with Crippen LogP contribution in [0.4, 0.5) is 8.78 Å². The molecule has 1 aromatic carbocycles. The third kappa shape index (κ3) is 2.47. The Hall–Kier alpha value is -0.670. The summed E-state index contributed by atoms with van der Waals surface area (Å²) < 4.78 is 26.9. The summed E-state index contributed by atoms with van der Waals surface area (Å²) in [5, 5.41) is 9.62. The van der Waals surface area contributed by atoms with Crippen molar-refractivity contribution in [1.29, 1.82) is 0 Å². The van der Waals surface area contributed by atoms with E-state index in [-0.39, 0.29) is 10.6 Å². The van der Waals surface area contributed by atoms with Gasteiger partial charge in [0.05, 0.1) is 16.7 Å². The van der Waals surface area contributed by atoms with E-state index in [9.17, 15) is 13.9 Å². The van der Waals surface area contributed by atoms with Gasteiger partial charge in [-0.3, -0.25) is 0 Å². The average Bonchev–Trinajstić information content (AvgIpc) is 2.10. The molecule has 0 heterocycles. The van der Waals surface area contributed by atoms with Crippen molar-refractivity contribution in [3.8, 4) is 0 Å². The number of benzene rings is 1. The fraction of sp³-hybridized carbons (Fsp3) is 0.455. The molecule has 0 aliphatic heterocycles. The first-order valence-electron chi connectivity index (χ1n) is 4.56. The maximum atomic E-state index is 13.5. The van der Waals surface area contributed by atoms with Crippen molar-refractivity contribution in [3.63, 3.8) is 0 Å². The van der Waals surface area contributed by atoms with Crippen LogP contribution in [-0.2, 0) is 0 Å². The number of hydrogen-bond donors (Lipinski definition) is 1. The van der Waals surface area contributed by atoms with Gasteiger partial charge in [-0.2, -0.15) is 0 Å². The Kier molecular flexibility index (Phi) is 3.36. The number of aliphatic hydroxyl groups excluding tert-OH is 1. The molecule has 0 aliphatic carbocycles. The molecule has 1 unspecified atom stereocenters. The molecule has 1 atom stereocenters. The minimum absolute atomic E-state index is 0.185. The van der Waals surface area contributed by atoms with Gasteiger partial charge in [0.1, 0.15) is 5.82 Å². The average molecular weight is 235 g/mol. The Bertz CT molecular complexity index is 372. The minimum atomic E-state index is -1.23. The van der Waals surface area contributed by atoms with E-state index in [1.807, 2.05) is 0 Å². The zero-order chi connectivity index (χ0) is 11.8. The van der Waals surface area contributed by atoms with E-state index in [4.69, 9.17) is 11.6 Å². The first kappa shape index (κ1) is 12.4. The highest BCUT2D eigenvalue weighted by molar-refractivity contribution is 6.30. The normalized spacial score (nSPS) is 14.1. The summed E-state index contributed by atoms with van der Waals surface area (Å²) >= 11 is 5.53. The van der Waals surface area contributed by atoms with Crippen LogP contribution in [0.3, 0.4) is 0 Å². The van der Waals surface area contributed by atoms with E-state index >= 15 is 0 Å². The molecule has 84 valence electrons. The molecule has 15 heavy (non-hydrogen) atoms. The first-order valence-corrected chi connectivity index (χ1v) is 4.94. The predicted octanol–water partition coefficient (Wildman–Crippen LogP) is 3.70. The highest BCUT2D eigenvalue weighted by Gasteiger charge is 2.30. The maximum Gasteiger partial charge on any atom is 0.150 e. The molecule has 0 bridgehead atoms. The van der Waals surface area contributed by atoms with E-state index in [0.29, 0.717) is 0 Å². The monoisotopic (exact) mass is 234 g/mol. The van der Waals surface area contributed by atoms with Crippen molar-refractivity contribution in [2.45, 2.75) is 26.9 Å². The smallest absolute Gasteiger partial charge is 0.150 e. The summed E-state index contributed by atoms with van der Waals surface area (Å²) in [4.78, 5) is 0. The summed E-state index contributed by atoms with van der Waals surface area (Å²) in [5.74, 6) is -1.67. The molecule has 0 radical (unpaired) electrons. The molecule has 4 heteroatoms. The number of hydrogen-bond acceptors (Lipinski definition) is 1. The topological polar surface area (TPSA) is 20.2 Å². The third-order valence-electron chi connectivity index (χ3n) is 2.17. The Morgan fingerprint density at radius 1 is 1.27 bits per heavy atom. The zero-order valence-electron chi connectivity index (χ0n) is 8.81. The standard InChI is InChI=1S/C11H13ClF2O/c1-11(2,3)10(15)8-7(13)5-4-6(12)9(8)14/h4-5,10,15H,1-3H3. The second-order valence-corrected chi connectivity index (χ2v) is 4.93. The third-order valence-corrected chi connectivity index (χ3v) is 2.47.